The van der Waals surface area contributed by atoms with Crippen LogP contribution in [0.3, 0.4) is 0 Å². The quantitative estimate of drug-likeness (QED) is 0.843. The van der Waals surface area contributed by atoms with Crippen LogP contribution in [-0.2, 0) is 4.74 Å². The SMILES string of the molecule is Cc1ncnc(OCC2CNCC(C)O2)c1F. The smallest absolute Gasteiger partial charge is 0.253 e. The third-order valence-corrected chi connectivity index (χ3v) is 2.57. The number of rotatable bonds is 3. The highest BCUT2D eigenvalue weighted by atomic mass is 19.1. The van der Waals surface area contributed by atoms with Crippen LogP contribution in [0.15, 0.2) is 6.33 Å². The Morgan fingerprint density at radius 2 is 2.35 bits per heavy atom. The largest absolute Gasteiger partial charge is 0.473 e. The van der Waals surface area contributed by atoms with Gasteiger partial charge in [-0.05, 0) is 13.8 Å². The van der Waals surface area contributed by atoms with E-state index in [1.165, 1.54) is 6.33 Å². The molecule has 0 aliphatic carbocycles. The van der Waals surface area contributed by atoms with Crippen molar-refractivity contribution in [1.29, 1.82) is 0 Å². The van der Waals surface area contributed by atoms with Crippen molar-refractivity contribution in [3.8, 4) is 5.88 Å². The molecule has 0 spiro atoms. The molecule has 0 amide bonds. The first-order chi connectivity index (χ1) is 8.16. The molecule has 2 unspecified atom stereocenters. The van der Waals surface area contributed by atoms with E-state index >= 15 is 0 Å². The van der Waals surface area contributed by atoms with Gasteiger partial charge in [-0.1, -0.05) is 0 Å². The molecule has 1 N–H and O–H groups in total. The minimum atomic E-state index is -0.510. The van der Waals surface area contributed by atoms with Crippen LogP contribution in [0.25, 0.3) is 0 Å². The average Bonchev–Trinajstić information content (AvgIpc) is 2.31. The van der Waals surface area contributed by atoms with Crippen molar-refractivity contribution in [2.45, 2.75) is 26.1 Å². The summed E-state index contributed by atoms with van der Waals surface area (Å²) in [7, 11) is 0. The van der Waals surface area contributed by atoms with Crippen LogP contribution in [0.1, 0.15) is 12.6 Å². The summed E-state index contributed by atoms with van der Waals surface area (Å²) < 4.78 is 24.5. The Morgan fingerprint density at radius 1 is 1.53 bits per heavy atom. The molecule has 2 rings (SSSR count). The molecule has 1 aliphatic rings. The summed E-state index contributed by atoms with van der Waals surface area (Å²) in [5.41, 5.74) is 0.283. The van der Waals surface area contributed by atoms with E-state index in [0.29, 0.717) is 6.54 Å². The second-order valence-corrected chi connectivity index (χ2v) is 4.12. The highest BCUT2D eigenvalue weighted by Gasteiger charge is 2.20. The number of ether oxygens (including phenoxy) is 2. The first-order valence-electron chi connectivity index (χ1n) is 5.63. The third kappa shape index (κ3) is 3.10. The molecule has 0 bridgehead atoms. The van der Waals surface area contributed by atoms with Crippen molar-refractivity contribution in [3.05, 3.63) is 17.8 Å². The van der Waals surface area contributed by atoms with Gasteiger partial charge in [-0.15, -0.1) is 0 Å². The highest BCUT2D eigenvalue weighted by Crippen LogP contribution is 2.15. The lowest BCUT2D eigenvalue weighted by Crippen LogP contribution is -2.45. The molecule has 2 atom stereocenters. The van der Waals surface area contributed by atoms with E-state index in [2.05, 4.69) is 15.3 Å². The molecule has 6 heteroatoms. The normalized spacial score (nSPS) is 24.6. The number of hydrogen-bond donors (Lipinski definition) is 1. The highest BCUT2D eigenvalue weighted by molar-refractivity contribution is 5.15. The van der Waals surface area contributed by atoms with Gasteiger partial charge in [-0.3, -0.25) is 0 Å². The number of nitrogens with one attached hydrogen (secondary N) is 1. The summed E-state index contributed by atoms with van der Waals surface area (Å²) in [5, 5.41) is 3.22. The molecule has 2 heterocycles. The van der Waals surface area contributed by atoms with Crippen LogP contribution >= 0.6 is 0 Å². The summed E-state index contributed by atoms with van der Waals surface area (Å²) in [4.78, 5) is 7.49. The molecular weight excluding hydrogens is 225 g/mol. The van der Waals surface area contributed by atoms with E-state index in [-0.39, 0.29) is 30.4 Å². The minimum Gasteiger partial charge on any atom is -0.473 e. The zero-order chi connectivity index (χ0) is 12.3. The lowest BCUT2D eigenvalue weighted by Gasteiger charge is -2.28. The van der Waals surface area contributed by atoms with Crippen LogP contribution in [-0.4, -0.2) is 41.9 Å². The van der Waals surface area contributed by atoms with Crippen molar-refractivity contribution >= 4 is 0 Å². The summed E-state index contributed by atoms with van der Waals surface area (Å²) in [6.45, 7) is 5.37. The number of hydrogen-bond acceptors (Lipinski definition) is 5. The molecule has 1 saturated heterocycles. The molecule has 0 radical (unpaired) electrons. The fourth-order valence-corrected chi connectivity index (χ4v) is 1.68. The number of aryl methyl sites for hydroxylation is 1. The van der Waals surface area contributed by atoms with Gasteiger partial charge in [-0.2, -0.15) is 9.37 Å². The molecular formula is C11H16FN3O2. The maximum atomic E-state index is 13.5. The van der Waals surface area contributed by atoms with Gasteiger partial charge < -0.3 is 14.8 Å². The predicted octanol–water partition coefficient (Wildman–Crippen LogP) is 0.680. The Bertz CT molecular complexity index is 389. The predicted molar refractivity (Wildman–Crippen MR) is 59.4 cm³/mol. The number of morpholine rings is 1. The summed E-state index contributed by atoms with van der Waals surface area (Å²) in [6.07, 6.45) is 1.36. The molecule has 0 aromatic carbocycles. The van der Waals surface area contributed by atoms with Gasteiger partial charge in [0.25, 0.3) is 5.88 Å². The van der Waals surface area contributed by atoms with Gasteiger partial charge in [0.2, 0.25) is 5.82 Å². The summed E-state index contributed by atoms with van der Waals surface area (Å²) in [6, 6.07) is 0. The molecule has 94 valence electrons. The Labute approximate surface area is 99.4 Å². The number of aromatic nitrogens is 2. The number of nitrogens with zero attached hydrogens (tertiary/aromatic N) is 2. The molecule has 1 aromatic heterocycles. The Kier molecular flexibility index (Phi) is 3.86. The second kappa shape index (κ2) is 5.37. The Balaban J connectivity index is 1.91. The fourth-order valence-electron chi connectivity index (χ4n) is 1.68. The molecule has 5 nitrogen and oxygen atoms in total. The molecule has 17 heavy (non-hydrogen) atoms. The van der Waals surface area contributed by atoms with Gasteiger partial charge in [0.15, 0.2) is 0 Å². The molecule has 1 fully saturated rings. The van der Waals surface area contributed by atoms with Gasteiger partial charge in [-0.25, -0.2) is 4.98 Å². The van der Waals surface area contributed by atoms with E-state index in [0.717, 1.165) is 6.54 Å². The van der Waals surface area contributed by atoms with E-state index < -0.39 is 5.82 Å². The van der Waals surface area contributed by atoms with Crippen LogP contribution in [0.2, 0.25) is 0 Å². The van der Waals surface area contributed by atoms with Crippen LogP contribution < -0.4 is 10.1 Å². The molecule has 0 saturated carbocycles. The van der Waals surface area contributed by atoms with Gasteiger partial charge in [0, 0.05) is 13.1 Å². The first-order valence-corrected chi connectivity index (χ1v) is 5.63. The zero-order valence-corrected chi connectivity index (χ0v) is 9.94. The van der Waals surface area contributed by atoms with Crippen LogP contribution in [0.4, 0.5) is 4.39 Å². The third-order valence-electron chi connectivity index (χ3n) is 2.57. The second-order valence-electron chi connectivity index (χ2n) is 4.12. The maximum absolute atomic E-state index is 13.5. The summed E-state index contributed by atoms with van der Waals surface area (Å²) in [5.74, 6) is -0.524. The topological polar surface area (TPSA) is 56.3 Å². The molecule has 1 aliphatic heterocycles. The standard InChI is InChI=1S/C11H16FN3O2/c1-7-3-13-4-9(17-7)5-16-11-10(12)8(2)14-6-15-11/h6-7,9,13H,3-5H2,1-2H3. The van der Waals surface area contributed by atoms with Crippen molar-refractivity contribution in [2.24, 2.45) is 0 Å². The van der Waals surface area contributed by atoms with Crippen molar-refractivity contribution in [1.82, 2.24) is 15.3 Å². The van der Waals surface area contributed by atoms with Gasteiger partial charge in [0.1, 0.15) is 19.0 Å². The van der Waals surface area contributed by atoms with E-state index in [1.807, 2.05) is 6.92 Å². The Morgan fingerprint density at radius 3 is 3.12 bits per heavy atom. The van der Waals surface area contributed by atoms with Crippen molar-refractivity contribution in [3.63, 3.8) is 0 Å². The average molecular weight is 241 g/mol. The Hall–Kier alpha value is -1.27. The number of halogens is 1. The van der Waals surface area contributed by atoms with E-state index in [4.69, 9.17) is 9.47 Å². The zero-order valence-electron chi connectivity index (χ0n) is 9.94. The van der Waals surface area contributed by atoms with Crippen molar-refractivity contribution < 1.29 is 13.9 Å². The van der Waals surface area contributed by atoms with E-state index in [1.54, 1.807) is 6.92 Å². The lowest BCUT2D eigenvalue weighted by atomic mass is 10.2. The first kappa shape index (κ1) is 12.2. The van der Waals surface area contributed by atoms with Gasteiger partial charge in [0.05, 0.1) is 11.8 Å². The van der Waals surface area contributed by atoms with Gasteiger partial charge >= 0.3 is 0 Å². The van der Waals surface area contributed by atoms with Crippen LogP contribution in [0, 0.1) is 12.7 Å². The van der Waals surface area contributed by atoms with Crippen molar-refractivity contribution in [2.75, 3.05) is 19.7 Å². The monoisotopic (exact) mass is 241 g/mol. The fraction of sp³-hybridized carbons (Fsp3) is 0.636. The lowest BCUT2D eigenvalue weighted by molar-refractivity contribution is -0.0482. The summed E-state index contributed by atoms with van der Waals surface area (Å²) >= 11 is 0. The van der Waals surface area contributed by atoms with Crippen LogP contribution in [0.5, 0.6) is 5.88 Å². The maximum Gasteiger partial charge on any atom is 0.253 e. The van der Waals surface area contributed by atoms with E-state index in [9.17, 15) is 4.39 Å². The molecule has 1 aromatic rings. The minimum absolute atomic E-state index is 0.0145.